The van der Waals surface area contributed by atoms with E-state index in [2.05, 4.69) is 483 Å². The number of methoxy groups -OCH3 is 1. The summed E-state index contributed by atoms with van der Waals surface area (Å²) in [6.45, 7) is 26.9. The Bertz CT molecular complexity index is 5140. The quantitative estimate of drug-likeness (QED) is 0.0986. The molecule has 1 aromatic heterocycles. The van der Waals surface area contributed by atoms with Gasteiger partial charge in [-0.1, -0.05) is 286 Å². The maximum atomic E-state index is 5.52. The molecule has 0 aliphatic heterocycles. The lowest BCUT2D eigenvalue weighted by atomic mass is 9.87. The van der Waals surface area contributed by atoms with Crippen LogP contribution in [0.5, 0.6) is 5.75 Å². The van der Waals surface area contributed by atoms with Crippen molar-refractivity contribution in [3.05, 3.63) is 434 Å². The third-order valence-electron chi connectivity index (χ3n) is 19.3. The predicted molar refractivity (Wildman–Crippen MR) is 488 cm³/mol. The highest BCUT2D eigenvalue weighted by Crippen LogP contribution is 2.48. The molecule has 6 heteroatoms. The molecule has 0 bridgehead atoms. The lowest BCUT2D eigenvalue weighted by Gasteiger charge is -2.21. The zero-order valence-corrected chi connectivity index (χ0v) is 71.1. The van der Waals surface area contributed by atoms with Crippen molar-refractivity contribution in [3.8, 4) is 10.6 Å². The van der Waals surface area contributed by atoms with Gasteiger partial charge in [-0.15, -0.1) is 0 Å². The Kier molecular flexibility index (Phi) is 27.8. The molecule has 0 saturated carbocycles. The second kappa shape index (κ2) is 38.3. The summed E-state index contributed by atoms with van der Waals surface area (Å²) in [6.07, 6.45) is 0. The Labute approximate surface area is 682 Å². The van der Waals surface area contributed by atoms with E-state index in [9.17, 15) is 0 Å². The van der Waals surface area contributed by atoms with Gasteiger partial charge in [-0.2, -0.15) is 0 Å². The summed E-state index contributed by atoms with van der Waals surface area (Å²) in [5.74, 6) is 0.985. The molecule has 0 radical (unpaired) electrons. The van der Waals surface area contributed by atoms with Gasteiger partial charge >= 0.3 is 0 Å². The number of fused-ring (bicyclic) bond motifs is 3. The summed E-state index contributed by atoms with van der Waals surface area (Å²) in [5.41, 5.74) is 8.32. The van der Waals surface area contributed by atoms with Crippen LogP contribution in [0.2, 0.25) is 0 Å². The zero-order valence-electron chi connectivity index (χ0n) is 67.1. The number of thiophene rings is 1. The van der Waals surface area contributed by atoms with Gasteiger partial charge in [0.1, 0.15) is 5.75 Å². The summed E-state index contributed by atoms with van der Waals surface area (Å²) in [4.78, 5) is 17.7. The van der Waals surface area contributed by atoms with Crippen molar-refractivity contribution in [1.29, 1.82) is 0 Å². The Balaban J connectivity index is 0.000000131. The van der Waals surface area contributed by atoms with Gasteiger partial charge in [0.15, 0.2) is 73.0 Å². The fraction of sp³-hybridized carbons (Fsp3) is 0.151. The fourth-order valence-electron chi connectivity index (χ4n) is 13.5. The van der Waals surface area contributed by atoms with Gasteiger partial charge in [0.2, 0.25) is 0 Å². The zero-order chi connectivity index (χ0) is 78.6. The van der Waals surface area contributed by atoms with Crippen LogP contribution in [0.1, 0.15) is 95.7 Å². The monoisotopic (exact) mass is 1550 g/mol. The molecule has 15 aromatic carbocycles. The van der Waals surface area contributed by atoms with E-state index < -0.39 is 0 Å². The molecule has 1 nitrogen and oxygen atoms in total. The van der Waals surface area contributed by atoms with E-state index in [0.717, 1.165) is 5.75 Å². The highest BCUT2D eigenvalue weighted by atomic mass is 32.2. The first kappa shape index (κ1) is 81.2. The molecule has 560 valence electrons. The van der Waals surface area contributed by atoms with Crippen molar-refractivity contribution in [3.63, 3.8) is 0 Å². The summed E-state index contributed by atoms with van der Waals surface area (Å²) in [7, 11) is 1.54. The number of aryl methyl sites for hydroxylation is 3. The van der Waals surface area contributed by atoms with E-state index in [1.165, 1.54) is 117 Å². The Morgan fingerprint density at radius 1 is 0.223 bits per heavy atom. The van der Waals surface area contributed by atoms with Crippen LogP contribution < -0.4 is 4.74 Å². The maximum absolute atomic E-state index is 5.52. The van der Waals surface area contributed by atoms with Crippen molar-refractivity contribution in [2.45, 2.75) is 158 Å². The second-order valence-corrected chi connectivity index (χ2v) is 40.8. The van der Waals surface area contributed by atoms with E-state index >= 15 is 0 Å². The molecule has 0 aliphatic carbocycles. The minimum Gasteiger partial charge on any atom is -0.496 e. The molecule has 0 amide bonds. The van der Waals surface area contributed by atoms with E-state index in [4.69, 9.17) is 4.74 Å². The summed E-state index contributed by atoms with van der Waals surface area (Å²) in [6, 6.07) is 145. The highest BCUT2D eigenvalue weighted by molar-refractivity contribution is 7.98. The van der Waals surface area contributed by atoms with Crippen molar-refractivity contribution in [2.75, 3.05) is 7.11 Å². The molecule has 0 N–H and O–H groups in total. The molecule has 0 aliphatic rings. The van der Waals surface area contributed by atoms with Gasteiger partial charge in [-0.3, -0.25) is 0 Å². The van der Waals surface area contributed by atoms with Crippen LogP contribution in [0, 0.1) is 20.8 Å². The van der Waals surface area contributed by atoms with Crippen LogP contribution in [0.15, 0.2) is 459 Å². The number of hydrogen-bond acceptors (Lipinski definition) is 1. The topological polar surface area (TPSA) is 9.23 Å². The minimum atomic E-state index is -0.120. The lowest BCUT2D eigenvalue weighted by Crippen LogP contribution is -2.13. The summed E-state index contributed by atoms with van der Waals surface area (Å²) < 4.78 is 8.43. The van der Waals surface area contributed by atoms with Crippen molar-refractivity contribution in [1.82, 2.24) is 0 Å². The number of ether oxygens (including phenoxy) is 1. The molecule has 16 rings (SSSR count). The molecular formula is C106H105OS5+5. The van der Waals surface area contributed by atoms with Gasteiger partial charge < -0.3 is 4.74 Å². The van der Waals surface area contributed by atoms with Crippen LogP contribution in [0.3, 0.4) is 0 Å². The molecule has 0 fully saturated rings. The predicted octanol–water partition coefficient (Wildman–Crippen LogP) is 29.7. The largest absolute Gasteiger partial charge is 0.496 e. The third-order valence-corrected chi connectivity index (χ3v) is 30.6. The summed E-state index contributed by atoms with van der Waals surface area (Å²) >= 11 is 0. The first-order valence-corrected chi connectivity index (χ1v) is 44.7. The van der Waals surface area contributed by atoms with E-state index in [-0.39, 0.29) is 70.3 Å². The molecule has 112 heavy (non-hydrogen) atoms. The summed E-state index contributed by atoms with van der Waals surface area (Å²) in [5, 5.41) is 2.79. The molecule has 0 spiro atoms. The van der Waals surface area contributed by atoms with Crippen LogP contribution in [-0.2, 0) is 59.8 Å². The van der Waals surface area contributed by atoms with Gasteiger partial charge in [0.05, 0.1) is 50.7 Å². The number of rotatable bonds is 14. The number of hydrogen-bond donors (Lipinski definition) is 0. The van der Waals surface area contributed by atoms with Crippen LogP contribution >= 0.6 is 10.5 Å². The molecule has 0 saturated heterocycles. The Morgan fingerprint density at radius 2 is 0.429 bits per heavy atom. The average Bonchev–Trinajstić information content (AvgIpc) is 1.60. The fourth-order valence-corrected chi connectivity index (χ4v) is 24.4. The van der Waals surface area contributed by atoms with Crippen molar-refractivity contribution >= 4 is 74.2 Å². The standard InChI is InChI=1S/C30H39S.C21H21OS.C19H17S.C18H13S.C18H15S/c1-28(2,3)22-10-16-25(17-11-22)31(26-18-12-23(13-19-26)29(4,5)6)27-20-14-24(15-21-27)30(7,8)9;1-16-14-20(15-17(2)21(16)22-3)23(18-10-6-4-7-11-18)19-12-8-5-9-13-19;1-16-12-14-19(15-13-16)20(17-8-4-2-5-9-17)18-10-6-3-7-11-18;1-2-8-14(9-3-1)19-17-12-6-4-10-15(17)16-11-5-7-13-18(16)19;1-4-10-16(11-5-1)19(17-12-6-2-7-13-17)18-14-8-3-9-15-18/h10-21H,1-9H3;4-15H,1-3H3;2-15H,1H3;1-13H;1-15H/q5*+1. The van der Waals surface area contributed by atoms with Crippen LogP contribution in [-0.4, -0.2) is 7.11 Å². The maximum Gasteiger partial charge on any atom is 0.187 e. The van der Waals surface area contributed by atoms with E-state index in [0.29, 0.717) is 0 Å². The molecule has 0 atom stereocenters. The van der Waals surface area contributed by atoms with Crippen LogP contribution in [0.4, 0.5) is 0 Å². The lowest BCUT2D eigenvalue weighted by molar-refractivity contribution is 0.408. The smallest absolute Gasteiger partial charge is 0.187 e. The van der Waals surface area contributed by atoms with Crippen molar-refractivity contribution < 1.29 is 4.74 Å². The van der Waals surface area contributed by atoms with Gasteiger partial charge in [-0.05, 0) is 235 Å². The molecule has 1 heterocycles. The first-order chi connectivity index (χ1) is 54.2. The first-order valence-electron chi connectivity index (χ1n) is 38.6. The SMILES string of the molecule is CC(C)(C)c1ccc([S+](c2ccc(C(C)(C)C)cc2)c2ccc(C(C)(C)C)cc2)cc1.COc1c(C)cc([S+](c2ccccc2)c2ccccc2)cc1C.Cc1ccc([S+](c2ccccc2)c2ccccc2)cc1.c1ccc(-[s+]2c3ccccc3c3ccccc32)cc1.c1ccc([S+](c2ccccc2)c2ccccc2)cc1. The van der Waals surface area contributed by atoms with E-state index in [1.54, 1.807) is 7.11 Å². The Hall–Kier alpha value is -10.3. The minimum absolute atomic E-state index is 0.0146. The number of benzene rings is 15. The second-order valence-electron chi connectivity index (χ2n) is 30.8. The molecule has 0 unspecified atom stereocenters. The average molecular weight is 1560 g/mol. The molecule has 16 aromatic rings. The van der Waals surface area contributed by atoms with Crippen molar-refractivity contribution in [2.24, 2.45) is 0 Å². The Morgan fingerprint density at radius 3 is 0.670 bits per heavy atom. The van der Waals surface area contributed by atoms with E-state index in [1.807, 2.05) is 0 Å². The van der Waals surface area contributed by atoms with Gasteiger partial charge in [0.25, 0.3) is 0 Å². The highest BCUT2D eigenvalue weighted by Gasteiger charge is 2.34. The van der Waals surface area contributed by atoms with Gasteiger partial charge in [-0.25, -0.2) is 0 Å². The normalized spacial score (nSPS) is 11.4. The van der Waals surface area contributed by atoms with Crippen LogP contribution in [0.25, 0.3) is 25.1 Å². The molecular weight excluding hydrogens is 1450 g/mol. The van der Waals surface area contributed by atoms with Gasteiger partial charge in [0, 0.05) is 33.4 Å². The third kappa shape index (κ3) is 20.9.